The summed E-state index contributed by atoms with van der Waals surface area (Å²) in [5.41, 5.74) is 5.80. The number of benzene rings is 10. The van der Waals surface area contributed by atoms with Gasteiger partial charge in [0.05, 0.1) is 39.0 Å². The zero-order valence-corrected chi connectivity index (χ0v) is 36.4. The summed E-state index contributed by atoms with van der Waals surface area (Å²) in [6.07, 6.45) is -5.06. The van der Waals surface area contributed by atoms with Gasteiger partial charge in [-0.2, -0.15) is 13.2 Å². The summed E-state index contributed by atoms with van der Waals surface area (Å²) in [5.74, 6) is -3.99. The van der Waals surface area contributed by atoms with Crippen LogP contribution in [0.15, 0.2) is 218 Å². The Morgan fingerprint density at radius 3 is 0.899 bits per heavy atom. The second-order valence-corrected chi connectivity index (χ2v) is 17.2. The molecular weight excluding hydrogens is 875 g/mol. The minimum Gasteiger partial charge on any atom is -0.309 e. The van der Waals surface area contributed by atoms with Gasteiger partial charge in [0.15, 0.2) is 11.6 Å². The molecular formula is C61H36F6N2. The van der Waals surface area contributed by atoms with Gasteiger partial charge in [-0.3, -0.25) is 0 Å². The smallest absolute Gasteiger partial charge is 0.309 e. The maximum atomic E-state index is 16.8. The van der Waals surface area contributed by atoms with Crippen molar-refractivity contribution in [1.82, 2.24) is 9.13 Å². The van der Waals surface area contributed by atoms with Crippen LogP contribution in [0.5, 0.6) is 0 Å². The lowest BCUT2D eigenvalue weighted by atomic mass is 9.98. The average molecular weight is 911 g/mol. The van der Waals surface area contributed by atoms with Crippen molar-refractivity contribution in [2.45, 2.75) is 6.18 Å². The number of rotatable bonds is 7. The molecule has 0 aliphatic carbocycles. The lowest BCUT2D eigenvalue weighted by molar-refractivity contribution is -0.137. The molecule has 0 radical (unpaired) electrons. The van der Waals surface area contributed by atoms with E-state index in [0.717, 1.165) is 62.7 Å². The molecule has 0 N–H and O–H groups in total. The van der Waals surface area contributed by atoms with Gasteiger partial charge in [-0.25, -0.2) is 13.2 Å². The van der Waals surface area contributed by atoms with E-state index in [4.69, 9.17) is 0 Å². The van der Waals surface area contributed by atoms with E-state index < -0.39 is 46.1 Å². The Kier molecular flexibility index (Phi) is 9.88. The van der Waals surface area contributed by atoms with Crippen LogP contribution < -0.4 is 0 Å². The maximum Gasteiger partial charge on any atom is 0.420 e. The Hall–Kier alpha value is -8.62. The summed E-state index contributed by atoms with van der Waals surface area (Å²) in [5, 5.41) is 2.63. The van der Waals surface area contributed by atoms with E-state index in [-0.39, 0.29) is 5.56 Å². The van der Waals surface area contributed by atoms with Crippen LogP contribution in [0.3, 0.4) is 0 Å². The lowest BCUT2D eigenvalue weighted by Crippen LogP contribution is -2.16. The summed E-state index contributed by atoms with van der Waals surface area (Å²) in [7, 11) is 0. The van der Waals surface area contributed by atoms with Crippen LogP contribution in [-0.2, 0) is 6.18 Å². The SMILES string of the molecule is Fc1ccc(F)c(-c2cc(-n3c4ccc(-c5ccccc5)cc4c4cc(-c5ccccc5)ccc43)c(C(F)(F)F)c(-n3c4ccc(-c5ccccc5)cc4c4cc(-c5ccccc5)ccc43)c2)c1F. The summed E-state index contributed by atoms with van der Waals surface area (Å²) in [6, 6.07) is 64.9. The van der Waals surface area contributed by atoms with Crippen molar-refractivity contribution in [2.75, 3.05) is 0 Å². The van der Waals surface area contributed by atoms with Gasteiger partial charge in [0, 0.05) is 21.5 Å². The van der Waals surface area contributed by atoms with E-state index >= 15 is 26.3 Å². The van der Waals surface area contributed by atoms with Crippen molar-refractivity contribution in [3.63, 3.8) is 0 Å². The lowest BCUT2D eigenvalue weighted by Gasteiger charge is -2.23. The third-order valence-corrected chi connectivity index (χ3v) is 13.2. The highest BCUT2D eigenvalue weighted by Crippen LogP contribution is 2.48. The molecule has 0 aliphatic rings. The first-order valence-corrected chi connectivity index (χ1v) is 22.4. The first kappa shape index (κ1) is 41.8. The topological polar surface area (TPSA) is 9.86 Å². The number of aromatic nitrogens is 2. The molecule has 0 amide bonds. The normalized spacial score (nSPS) is 11.9. The molecule has 0 atom stereocenters. The fraction of sp³-hybridized carbons (Fsp3) is 0.0164. The molecule has 12 aromatic rings. The number of hydrogen-bond donors (Lipinski definition) is 0. The highest BCUT2D eigenvalue weighted by Gasteiger charge is 2.40. The third kappa shape index (κ3) is 7.06. The fourth-order valence-electron chi connectivity index (χ4n) is 10.00. The first-order chi connectivity index (χ1) is 33.6. The van der Waals surface area contributed by atoms with Gasteiger partial charge in [0.25, 0.3) is 0 Å². The summed E-state index contributed by atoms with van der Waals surface area (Å²) < 4.78 is 101. The second kappa shape index (κ2) is 16.3. The van der Waals surface area contributed by atoms with E-state index in [1.54, 1.807) is 24.3 Å². The molecule has 2 heterocycles. The molecule has 332 valence electrons. The largest absolute Gasteiger partial charge is 0.420 e. The first-order valence-electron chi connectivity index (χ1n) is 22.4. The minimum atomic E-state index is -5.06. The van der Waals surface area contributed by atoms with Crippen LogP contribution in [0, 0.1) is 17.5 Å². The molecule has 0 saturated heterocycles. The summed E-state index contributed by atoms with van der Waals surface area (Å²) in [4.78, 5) is 0. The minimum absolute atomic E-state index is 0.281. The summed E-state index contributed by atoms with van der Waals surface area (Å²) in [6.45, 7) is 0. The molecule has 8 heteroatoms. The molecule has 0 fully saturated rings. The van der Waals surface area contributed by atoms with Gasteiger partial charge in [-0.1, -0.05) is 146 Å². The van der Waals surface area contributed by atoms with E-state index in [1.807, 2.05) is 170 Å². The summed E-state index contributed by atoms with van der Waals surface area (Å²) >= 11 is 0. The van der Waals surface area contributed by atoms with Crippen molar-refractivity contribution < 1.29 is 26.3 Å². The van der Waals surface area contributed by atoms with Crippen LogP contribution in [-0.4, -0.2) is 9.13 Å². The molecule has 0 bridgehead atoms. The number of alkyl halides is 3. The predicted octanol–water partition coefficient (Wildman–Crippen LogP) is 17.7. The van der Waals surface area contributed by atoms with E-state index in [2.05, 4.69) is 0 Å². The Bertz CT molecular complexity index is 3530. The fourth-order valence-corrected chi connectivity index (χ4v) is 10.00. The molecule has 10 aromatic carbocycles. The molecule has 0 unspecified atom stereocenters. The van der Waals surface area contributed by atoms with Gasteiger partial charge in [0.1, 0.15) is 11.4 Å². The predicted molar refractivity (Wildman–Crippen MR) is 267 cm³/mol. The Labute approximate surface area is 392 Å². The van der Waals surface area contributed by atoms with Gasteiger partial charge in [-0.15, -0.1) is 0 Å². The number of halogens is 6. The number of fused-ring (bicyclic) bond motifs is 6. The molecule has 2 aromatic heterocycles. The van der Waals surface area contributed by atoms with Crippen molar-refractivity contribution in [1.29, 1.82) is 0 Å². The molecule has 0 spiro atoms. The van der Waals surface area contributed by atoms with Crippen molar-refractivity contribution in [2.24, 2.45) is 0 Å². The molecule has 0 aliphatic heterocycles. The van der Waals surface area contributed by atoms with Crippen LogP contribution >= 0.6 is 0 Å². The monoisotopic (exact) mass is 910 g/mol. The number of nitrogens with zero attached hydrogens (tertiary/aromatic N) is 2. The van der Waals surface area contributed by atoms with Gasteiger partial charge in [0.2, 0.25) is 0 Å². The van der Waals surface area contributed by atoms with Crippen molar-refractivity contribution >= 4 is 43.6 Å². The van der Waals surface area contributed by atoms with E-state index in [9.17, 15) is 0 Å². The number of hydrogen-bond acceptors (Lipinski definition) is 0. The maximum absolute atomic E-state index is 16.8. The van der Waals surface area contributed by atoms with E-state index in [0.29, 0.717) is 49.7 Å². The van der Waals surface area contributed by atoms with Crippen LogP contribution in [0.1, 0.15) is 5.56 Å². The van der Waals surface area contributed by atoms with Crippen LogP contribution in [0.2, 0.25) is 0 Å². The van der Waals surface area contributed by atoms with Gasteiger partial charge in [-0.05, 0) is 123 Å². The Morgan fingerprint density at radius 2 is 0.594 bits per heavy atom. The van der Waals surface area contributed by atoms with Gasteiger partial charge < -0.3 is 9.13 Å². The zero-order chi connectivity index (χ0) is 47.0. The molecule has 2 nitrogen and oxygen atoms in total. The highest BCUT2D eigenvalue weighted by molar-refractivity contribution is 6.13. The third-order valence-electron chi connectivity index (χ3n) is 13.2. The highest BCUT2D eigenvalue weighted by atomic mass is 19.4. The van der Waals surface area contributed by atoms with Crippen LogP contribution in [0.4, 0.5) is 26.3 Å². The quantitative estimate of drug-likeness (QED) is 0.111. The van der Waals surface area contributed by atoms with E-state index in [1.165, 1.54) is 9.13 Å². The molecule has 0 saturated carbocycles. The average Bonchev–Trinajstić information content (AvgIpc) is 3.89. The van der Waals surface area contributed by atoms with Crippen LogP contribution in [0.25, 0.3) is 111 Å². The van der Waals surface area contributed by atoms with Crippen molar-refractivity contribution in [3.05, 3.63) is 241 Å². The standard InChI is InChI=1S/C61H36F6N2/c62-50-25-26-51(63)60(64)58(50)45-35-56(68-52-27-21-41(37-13-5-1-6-14-37)31-46(52)47-32-42(22-28-53(47)68)38-15-7-2-8-16-38)59(61(65,66)67)57(36-45)69-54-29-23-43(39-17-9-3-10-18-39)33-48(54)49-34-44(24-30-55(49)69)40-19-11-4-12-20-40/h1-36H. The zero-order valence-electron chi connectivity index (χ0n) is 36.4. The van der Waals surface area contributed by atoms with Crippen molar-refractivity contribution in [3.8, 4) is 67.0 Å². The Morgan fingerprint density at radius 1 is 0.290 bits per heavy atom. The second-order valence-electron chi connectivity index (χ2n) is 17.2. The Balaban J connectivity index is 1.23. The van der Waals surface area contributed by atoms with Gasteiger partial charge >= 0.3 is 6.18 Å². The molecule has 12 rings (SSSR count). The molecule has 69 heavy (non-hydrogen) atoms.